The summed E-state index contributed by atoms with van der Waals surface area (Å²) in [6.45, 7) is 2.70. The van der Waals surface area contributed by atoms with Gasteiger partial charge in [-0.1, -0.05) is 0 Å². The molecule has 0 aliphatic heterocycles. The third-order valence-corrected chi connectivity index (χ3v) is 2.87. The van der Waals surface area contributed by atoms with Crippen LogP contribution >= 0.6 is 11.3 Å². The molecule has 4 nitrogen and oxygen atoms in total. The maximum atomic E-state index is 8.86. The lowest BCUT2D eigenvalue weighted by Gasteiger charge is -2.00. The molecule has 0 atom stereocenters. The fourth-order valence-electron chi connectivity index (χ4n) is 1.21. The third-order valence-electron chi connectivity index (χ3n) is 1.99. The van der Waals surface area contributed by atoms with Gasteiger partial charge in [0.25, 0.3) is 0 Å². The van der Waals surface area contributed by atoms with Crippen LogP contribution in [0.15, 0.2) is 17.8 Å². The monoisotopic (exact) mass is 209 g/mol. The fourth-order valence-corrected chi connectivity index (χ4v) is 1.99. The van der Waals surface area contributed by atoms with E-state index < -0.39 is 0 Å². The number of rotatable bonds is 3. The number of thiazole rings is 1. The maximum Gasteiger partial charge on any atom is 0.113 e. The van der Waals surface area contributed by atoms with E-state index in [1.54, 1.807) is 17.5 Å². The van der Waals surface area contributed by atoms with Gasteiger partial charge < -0.3 is 9.67 Å². The van der Waals surface area contributed by atoms with Crippen molar-refractivity contribution in [2.45, 2.75) is 20.1 Å². The molecule has 1 N–H and O–H groups in total. The van der Waals surface area contributed by atoms with E-state index in [2.05, 4.69) is 9.97 Å². The van der Waals surface area contributed by atoms with Crippen molar-refractivity contribution in [1.82, 2.24) is 14.5 Å². The SMILES string of the molecule is Cc1nccn1Cc1nc(CO)cs1. The van der Waals surface area contributed by atoms with Gasteiger partial charge in [0.05, 0.1) is 18.8 Å². The summed E-state index contributed by atoms with van der Waals surface area (Å²) in [7, 11) is 0. The van der Waals surface area contributed by atoms with Crippen molar-refractivity contribution in [3.8, 4) is 0 Å². The van der Waals surface area contributed by atoms with E-state index in [1.807, 2.05) is 23.1 Å². The summed E-state index contributed by atoms with van der Waals surface area (Å²) in [5, 5.41) is 11.7. The Morgan fingerprint density at radius 3 is 3.00 bits per heavy atom. The lowest BCUT2D eigenvalue weighted by molar-refractivity contribution is 0.277. The van der Waals surface area contributed by atoms with Crippen LogP contribution in [0.5, 0.6) is 0 Å². The van der Waals surface area contributed by atoms with Gasteiger partial charge in [0.15, 0.2) is 0 Å². The molecule has 0 aliphatic rings. The Bertz CT molecular complexity index is 421. The molecular weight excluding hydrogens is 198 g/mol. The first-order valence-electron chi connectivity index (χ1n) is 4.31. The minimum absolute atomic E-state index is 0.0133. The lowest BCUT2D eigenvalue weighted by Crippen LogP contribution is -2.00. The lowest BCUT2D eigenvalue weighted by atomic mass is 10.5. The van der Waals surface area contributed by atoms with E-state index in [-0.39, 0.29) is 6.61 Å². The minimum atomic E-state index is 0.0133. The van der Waals surface area contributed by atoms with Gasteiger partial charge in [-0.05, 0) is 6.92 Å². The fraction of sp³-hybridized carbons (Fsp3) is 0.333. The van der Waals surface area contributed by atoms with Crippen molar-refractivity contribution in [3.05, 3.63) is 34.3 Å². The average molecular weight is 209 g/mol. The molecule has 0 fully saturated rings. The Balaban J connectivity index is 2.15. The van der Waals surface area contributed by atoms with Crippen molar-refractivity contribution in [2.75, 3.05) is 0 Å². The number of aryl methyl sites for hydroxylation is 1. The summed E-state index contributed by atoms with van der Waals surface area (Å²) < 4.78 is 2.03. The van der Waals surface area contributed by atoms with Gasteiger partial charge in [0.1, 0.15) is 10.8 Å². The first-order valence-corrected chi connectivity index (χ1v) is 5.19. The minimum Gasteiger partial charge on any atom is -0.390 e. The van der Waals surface area contributed by atoms with Crippen molar-refractivity contribution in [1.29, 1.82) is 0 Å². The summed E-state index contributed by atoms with van der Waals surface area (Å²) in [6.07, 6.45) is 3.70. The summed E-state index contributed by atoms with van der Waals surface area (Å²) >= 11 is 1.56. The summed E-state index contributed by atoms with van der Waals surface area (Å²) in [5.41, 5.74) is 0.739. The van der Waals surface area contributed by atoms with Gasteiger partial charge in [-0.25, -0.2) is 9.97 Å². The van der Waals surface area contributed by atoms with E-state index in [4.69, 9.17) is 5.11 Å². The summed E-state index contributed by atoms with van der Waals surface area (Å²) in [6, 6.07) is 0. The molecule has 2 heterocycles. The molecule has 0 saturated heterocycles. The van der Waals surface area contributed by atoms with Crippen LogP contribution in [0.3, 0.4) is 0 Å². The molecule has 2 aromatic rings. The topological polar surface area (TPSA) is 50.9 Å². The zero-order chi connectivity index (χ0) is 9.97. The van der Waals surface area contributed by atoms with E-state index in [0.29, 0.717) is 0 Å². The highest BCUT2D eigenvalue weighted by molar-refractivity contribution is 7.09. The average Bonchev–Trinajstić information content (AvgIpc) is 2.77. The molecular formula is C9H11N3OS. The predicted octanol–water partition coefficient (Wildman–Crippen LogP) is 1.19. The highest BCUT2D eigenvalue weighted by atomic mass is 32.1. The van der Waals surface area contributed by atoms with Gasteiger partial charge in [-0.15, -0.1) is 11.3 Å². The van der Waals surface area contributed by atoms with Gasteiger partial charge >= 0.3 is 0 Å². The van der Waals surface area contributed by atoms with Gasteiger partial charge in [0.2, 0.25) is 0 Å². The number of nitrogens with zero attached hydrogens (tertiary/aromatic N) is 3. The van der Waals surface area contributed by atoms with Gasteiger partial charge in [-0.2, -0.15) is 0 Å². The molecule has 0 bridgehead atoms. The molecule has 0 aromatic carbocycles. The first-order chi connectivity index (χ1) is 6.79. The van der Waals surface area contributed by atoms with Crippen LogP contribution < -0.4 is 0 Å². The smallest absolute Gasteiger partial charge is 0.113 e. The molecule has 2 rings (SSSR count). The summed E-state index contributed by atoms with van der Waals surface area (Å²) in [5.74, 6) is 0.978. The number of imidazole rings is 1. The number of aromatic nitrogens is 3. The number of aliphatic hydroxyl groups is 1. The molecule has 0 unspecified atom stereocenters. The van der Waals surface area contributed by atoms with E-state index in [1.165, 1.54) is 0 Å². The number of hydrogen-bond acceptors (Lipinski definition) is 4. The summed E-state index contributed by atoms with van der Waals surface area (Å²) in [4.78, 5) is 8.39. The van der Waals surface area contributed by atoms with Crippen molar-refractivity contribution < 1.29 is 5.11 Å². The van der Waals surface area contributed by atoms with Crippen LogP contribution in [0.2, 0.25) is 0 Å². The van der Waals surface area contributed by atoms with Crippen LogP contribution in [-0.4, -0.2) is 19.6 Å². The van der Waals surface area contributed by atoms with Crippen molar-refractivity contribution in [3.63, 3.8) is 0 Å². The van der Waals surface area contributed by atoms with Crippen molar-refractivity contribution in [2.24, 2.45) is 0 Å². The number of hydrogen-bond donors (Lipinski definition) is 1. The first kappa shape index (κ1) is 9.36. The second-order valence-electron chi connectivity index (χ2n) is 2.99. The predicted molar refractivity (Wildman–Crippen MR) is 54.1 cm³/mol. The van der Waals surface area contributed by atoms with E-state index >= 15 is 0 Å². The molecule has 14 heavy (non-hydrogen) atoms. The normalized spacial score (nSPS) is 10.7. The highest BCUT2D eigenvalue weighted by Crippen LogP contribution is 2.11. The van der Waals surface area contributed by atoms with Gasteiger partial charge in [-0.3, -0.25) is 0 Å². The Morgan fingerprint density at radius 2 is 2.43 bits per heavy atom. The highest BCUT2D eigenvalue weighted by Gasteiger charge is 2.03. The Hall–Kier alpha value is -1.20. The van der Waals surface area contributed by atoms with Crippen LogP contribution in [0.25, 0.3) is 0 Å². The third kappa shape index (κ3) is 1.83. The standard InChI is InChI=1S/C9H11N3OS/c1-7-10-2-3-12(7)4-9-11-8(5-13)6-14-9/h2-3,6,13H,4-5H2,1H3. The largest absolute Gasteiger partial charge is 0.390 e. The van der Waals surface area contributed by atoms with Crippen LogP contribution in [0.4, 0.5) is 0 Å². The molecule has 2 aromatic heterocycles. The Kier molecular flexibility index (Phi) is 2.60. The zero-order valence-electron chi connectivity index (χ0n) is 7.84. The molecule has 0 saturated carbocycles. The molecule has 5 heteroatoms. The van der Waals surface area contributed by atoms with Crippen LogP contribution in [-0.2, 0) is 13.2 Å². The molecule has 0 aliphatic carbocycles. The quantitative estimate of drug-likeness (QED) is 0.826. The second-order valence-corrected chi connectivity index (χ2v) is 3.94. The number of aliphatic hydroxyl groups excluding tert-OH is 1. The van der Waals surface area contributed by atoms with E-state index in [9.17, 15) is 0 Å². The molecule has 0 spiro atoms. The molecule has 0 amide bonds. The Morgan fingerprint density at radius 1 is 1.57 bits per heavy atom. The Labute approximate surface area is 85.9 Å². The molecule has 0 radical (unpaired) electrons. The second kappa shape index (κ2) is 3.89. The molecule has 74 valence electrons. The zero-order valence-corrected chi connectivity index (χ0v) is 8.66. The van der Waals surface area contributed by atoms with Crippen molar-refractivity contribution >= 4 is 11.3 Å². The van der Waals surface area contributed by atoms with Crippen LogP contribution in [0, 0.1) is 6.92 Å². The van der Waals surface area contributed by atoms with Gasteiger partial charge in [0, 0.05) is 17.8 Å². The van der Waals surface area contributed by atoms with E-state index in [0.717, 1.165) is 23.1 Å². The maximum absolute atomic E-state index is 8.86. The van der Waals surface area contributed by atoms with Crippen LogP contribution in [0.1, 0.15) is 16.5 Å².